The second kappa shape index (κ2) is 5.24. The summed E-state index contributed by atoms with van der Waals surface area (Å²) in [6.45, 7) is 2.63. The van der Waals surface area contributed by atoms with Gasteiger partial charge < -0.3 is 10.4 Å². The van der Waals surface area contributed by atoms with Crippen LogP contribution in [0.4, 0.5) is 5.13 Å². The van der Waals surface area contributed by atoms with Crippen LogP contribution in [0.25, 0.3) is 0 Å². The van der Waals surface area contributed by atoms with Gasteiger partial charge >= 0.3 is 5.97 Å². The molecule has 0 bridgehead atoms. The maximum absolute atomic E-state index is 10.5. The maximum Gasteiger partial charge on any atom is 0.309 e. The largest absolute Gasteiger partial charge is 0.481 e. The summed E-state index contributed by atoms with van der Waals surface area (Å²) in [7, 11) is 0. The Morgan fingerprint density at radius 2 is 2.41 bits per heavy atom. The smallest absolute Gasteiger partial charge is 0.309 e. The molecule has 0 saturated heterocycles. The van der Waals surface area contributed by atoms with Crippen molar-refractivity contribution >= 4 is 33.8 Å². The number of thiazole rings is 2. The molecule has 2 N–H and O–H groups in total. The zero-order valence-corrected chi connectivity index (χ0v) is 10.8. The van der Waals surface area contributed by atoms with Crippen molar-refractivity contribution in [2.75, 3.05) is 5.32 Å². The van der Waals surface area contributed by atoms with Crippen molar-refractivity contribution in [3.05, 3.63) is 27.2 Å². The lowest BCUT2D eigenvalue weighted by Gasteiger charge is -1.98. The van der Waals surface area contributed by atoms with Crippen molar-refractivity contribution in [1.82, 2.24) is 9.97 Å². The molecule has 0 radical (unpaired) electrons. The first-order valence-corrected chi connectivity index (χ1v) is 6.64. The molecule has 0 fully saturated rings. The fourth-order valence-electron chi connectivity index (χ4n) is 1.27. The van der Waals surface area contributed by atoms with E-state index >= 15 is 0 Å². The number of carboxylic acid groups (broad SMARTS) is 1. The van der Waals surface area contributed by atoms with E-state index in [0.717, 1.165) is 15.0 Å². The number of hydrogen-bond donors (Lipinski definition) is 2. The average molecular weight is 269 g/mol. The minimum absolute atomic E-state index is 0.0299. The second-order valence-electron chi connectivity index (χ2n) is 3.41. The van der Waals surface area contributed by atoms with Gasteiger partial charge in [-0.2, -0.15) is 0 Å². The number of nitrogens with zero attached hydrogens (tertiary/aromatic N) is 2. The van der Waals surface area contributed by atoms with Gasteiger partial charge in [0.2, 0.25) is 0 Å². The van der Waals surface area contributed by atoms with E-state index in [1.54, 1.807) is 16.7 Å². The molecule has 0 aliphatic carbocycles. The quantitative estimate of drug-likeness (QED) is 0.870. The highest BCUT2D eigenvalue weighted by atomic mass is 32.1. The van der Waals surface area contributed by atoms with Crippen molar-refractivity contribution in [3.63, 3.8) is 0 Å². The molecule has 0 spiro atoms. The van der Waals surface area contributed by atoms with Crippen LogP contribution in [0, 0.1) is 6.92 Å². The van der Waals surface area contributed by atoms with E-state index in [1.165, 1.54) is 11.3 Å². The van der Waals surface area contributed by atoms with Crippen LogP contribution >= 0.6 is 22.7 Å². The molecule has 0 amide bonds. The Bertz CT molecular complexity index is 521. The summed E-state index contributed by atoms with van der Waals surface area (Å²) in [6, 6.07) is 0. The summed E-state index contributed by atoms with van der Waals surface area (Å²) in [6.07, 6.45) is 1.80. The fourth-order valence-corrected chi connectivity index (χ4v) is 2.72. The van der Waals surface area contributed by atoms with E-state index in [-0.39, 0.29) is 6.42 Å². The van der Waals surface area contributed by atoms with E-state index in [2.05, 4.69) is 15.3 Å². The summed E-state index contributed by atoms with van der Waals surface area (Å²) < 4.78 is 0. The Morgan fingerprint density at radius 3 is 3.06 bits per heavy atom. The Morgan fingerprint density at radius 1 is 1.59 bits per heavy atom. The van der Waals surface area contributed by atoms with Crippen LogP contribution in [0.15, 0.2) is 11.6 Å². The standard InChI is InChI=1S/C10H11N3O2S2/c1-6-11-3-8(17-6)4-12-10-13-7(5-16-10)2-9(14)15/h3,5H,2,4H2,1H3,(H,12,13)(H,14,15). The Hall–Kier alpha value is -1.47. The van der Waals surface area contributed by atoms with Gasteiger partial charge in [-0.3, -0.25) is 4.79 Å². The van der Waals surface area contributed by atoms with Crippen LogP contribution in [-0.4, -0.2) is 21.0 Å². The molecule has 2 rings (SSSR count). The Balaban J connectivity index is 1.91. The van der Waals surface area contributed by atoms with Crippen LogP contribution in [0.2, 0.25) is 0 Å². The Kier molecular flexibility index (Phi) is 3.70. The highest BCUT2D eigenvalue weighted by Gasteiger charge is 2.06. The van der Waals surface area contributed by atoms with Crippen molar-refractivity contribution in [2.45, 2.75) is 19.9 Å². The van der Waals surface area contributed by atoms with Crippen molar-refractivity contribution < 1.29 is 9.90 Å². The van der Waals surface area contributed by atoms with Gasteiger partial charge in [0.15, 0.2) is 5.13 Å². The van der Waals surface area contributed by atoms with Crippen LogP contribution in [0.3, 0.4) is 0 Å². The number of rotatable bonds is 5. The molecule has 0 unspecified atom stereocenters. The summed E-state index contributed by atoms with van der Waals surface area (Å²) >= 11 is 3.05. The normalized spacial score (nSPS) is 10.4. The minimum Gasteiger partial charge on any atom is -0.481 e. The number of nitrogens with one attached hydrogen (secondary N) is 1. The lowest BCUT2D eigenvalue weighted by Crippen LogP contribution is -2.01. The van der Waals surface area contributed by atoms with E-state index < -0.39 is 5.97 Å². The van der Waals surface area contributed by atoms with Crippen LogP contribution in [0.1, 0.15) is 15.6 Å². The highest BCUT2D eigenvalue weighted by Crippen LogP contribution is 2.18. The maximum atomic E-state index is 10.5. The van der Waals surface area contributed by atoms with Gasteiger partial charge in [0.05, 0.1) is 23.7 Å². The molecule has 2 aromatic heterocycles. The van der Waals surface area contributed by atoms with Gasteiger partial charge in [0.25, 0.3) is 0 Å². The first-order valence-electron chi connectivity index (χ1n) is 4.95. The van der Waals surface area contributed by atoms with Gasteiger partial charge in [-0.1, -0.05) is 0 Å². The summed E-state index contributed by atoms with van der Waals surface area (Å²) in [5.41, 5.74) is 0.588. The summed E-state index contributed by atoms with van der Waals surface area (Å²) in [5, 5.41) is 15.3. The molecular weight excluding hydrogens is 258 g/mol. The monoisotopic (exact) mass is 269 g/mol. The molecule has 5 nitrogen and oxygen atoms in total. The third kappa shape index (κ3) is 3.50. The van der Waals surface area contributed by atoms with Crippen molar-refractivity contribution in [2.24, 2.45) is 0 Å². The molecule has 2 aromatic rings. The number of carbonyl (C=O) groups is 1. The molecule has 0 atom stereocenters. The first-order chi connectivity index (χ1) is 8.13. The molecule has 90 valence electrons. The number of anilines is 1. The topological polar surface area (TPSA) is 75.1 Å². The molecule has 0 aliphatic rings. The van der Waals surface area contributed by atoms with Crippen LogP contribution in [-0.2, 0) is 17.8 Å². The predicted octanol–water partition coefficient (Wildman–Crippen LogP) is 2.15. The van der Waals surface area contributed by atoms with Crippen LogP contribution < -0.4 is 5.32 Å². The SMILES string of the molecule is Cc1ncc(CNc2nc(CC(=O)O)cs2)s1. The molecule has 17 heavy (non-hydrogen) atoms. The number of aromatic nitrogens is 2. The van der Waals surface area contributed by atoms with Crippen molar-refractivity contribution in [1.29, 1.82) is 0 Å². The average Bonchev–Trinajstić information content (AvgIpc) is 2.84. The zero-order chi connectivity index (χ0) is 12.3. The van der Waals surface area contributed by atoms with Gasteiger partial charge in [0.1, 0.15) is 0 Å². The summed E-state index contributed by atoms with van der Waals surface area (Å²) in [4.78, 5) is 20.0. The molecule has 0 saturated carbocycles. The number of carboxylic acids is 1. The number of aliphatic carboxylic acids is 1. The lowest BCUT2D eigenvalue weighted by atomic mass is 10.3. The fraction of sp³-hybridized carbons (Fsp3) is 0.300. The van der Waals surface area contributed by atoms with E-state index in [9.17, 15) is 4.79 Å². The molecular formula is C10H11N3O2S2. The van der Waals surface area contributed by atoms with Crippen molar-refractivity contribution in [3.8, 4) is 0 Å². The zero-order valence-electron chi connectivity index (χ0n) is 9.14. The van der Waals surface area contributed by atoms with Gasteiger partial charge in [0, 0.05) is 16.5 Å². The first kappa shape index (κ1) is 12.0. The van der Waals surface area contributed by atoms with E-state index in [4.69, 9.17) is 5.11 Å². The van der Waals surface area contributed by atoms with Crippen LogP contribution in [0.5, 0.6) is 0 Å². The second-order valence-corrected chi connectivity index (χ2v) is 5.59. The third-order valence-electron chi connectivity index (χ3n) is 1.97. The molecule has 7 heteroatoms. The van der Waals surface area contributed by atoms with Gasteiger partial charge in [-0.05, 0) is 6.92 Å². The van der Waals surface area contributed by atoms with E-state index in [1.807, 2.05) is 13.1 Å². The minimum atomic E-state index is -0.861. The third-order valence-corrected chi connectivity index (χ3v) is 3.73. The number of hydrogen-bond acceptors (Lipinski definition) is 6. The molecule has 0 aliphatic heterocycles. The highest BCUT2D eigenvalue weighted by molar-refractivity contribution is 7.13. The molecule has 0 aromatic carbocycles. The molecule has 2 heterocycles. The predicted molar refractivity (Wildman–Crippen MR) is 67.6 cm³/mol. The number of aryl methyl sites for hydroxylation is 1. The lowest BCUT2D eigenvalue weighted by molar-refractivity contribution is -0.136. The summed E-state index contributed by atoms with van der Waals surface area (Å²) in [5.74, 6) is -0.861. The van der Waals surface area contributed by atoms with E-state index in [0.29, 0.717) is 12.2 Å². The van der Waals surface area contributed by atoms with Gasteiger partial charge in [-0.15, -0.1) is 22.7 Å². The Labute approximate surface area is 106 Å². The van der Waals surface area contributed by atoms with Gasteiger partial charge in [-0.25, -0.2) is 9.97 Å².